The van der Waals surface area contributed by atoms with Crippen LogP contribution in [0.2, 0.25) is 0 Å². The van der Waals surface area contributed by atoms with E-state index in [-0.39, 0.29) is 19.1 Å². The molecule has 2 aliphatic rings. The Morgan fingerprint density at radius 1 is 1.11 bits per heavy atom. The summed E-state index contributed by atoms with van der Waals surface area (Å²) in [5.41, 5.74) is -0.981. The Bertz CT molecular complexity index is 799. The molecule has 0 bridgehead atoms. The first-order valence-electron chi connectivity index (χ1n) is 9.06. The zero-order valence-electron chi connectivity index (χ0n) is 15.0. The van der Waals surface area contributed by atoms with Crippen LogP contribution in [0.25, 0.3) is 0 Å². The molecule has 6 nitrogen and oxygen atoms in total. The predicted octanol–water partition coefficient (Wildman–Crippen LogP) is 1.63. The summed E-state index contributed by atoms with van der Waals surface area (Å²) in [4.78, 5) is 14.5. The monoisotopic (exact) mass is 369 g/mol. The van der Waals surface area contributed by atoms with E-state index in [9.17, 15) is 15.0 Å². The lowest BCUT2D eigenvalue weighted by atomic mass is 9.99. The number of aliphatic hydroxyl groups excluding tert-OH is 1. The largest absolute Gasteiger partial charge is 0.393 e. The van der Waals surface area contributed by atoms with Crippen molar-refractivity contribution in [2.24, 2.45) is 0 Å². The second-order valence-corrected chi connectivity index (χ2v) is 7.20. The predicted molar refractivity (Wildman–Crippen MR) is 97.5 cm³/mol. The van der Waals surface area contributed by atoms with Crippen LogP contribution in [0, 0.1) is 0 Å². The van der Waals surface area contributed by atoms with E-state index in [0.29, 0.717) is 13.2 Å². The third-order valence-electron chi connectivity index (χ3n) is 5.33. The molecule has 27 heavy (non-hydrogen) atoms. The first kappa shape index (κ1) is 18.1. The maximum atomic E-state index is 12.9. The zero-order valence-corrected chi connectivity index (χ0v) is 15.0. The molecule has 2 aliphatic heterocycles. The van der Waals surface area contributed by atoms with Crippen molar-refractivity contribution in [1.82, 2.24) is 4.90 Å². The highest BCUT2D eigenvalue weighted by atomic mass is 16.6. The quantitative estimate of drug-likeness (QED) is 0.809. The molecule has 0 unspecified atom stereocenters. The Balaban J connectivity index is 1.58. The number of ether oxygens (including phenoxy) is 2. The minimum atomic E-state index is -1.84. The van der Waals surface area contributed by atoms with Crippen molar-refractivity contribution >= 4 is 5.91 Å². The molecule has 142 valence electrons. The van der Waals surface area contributed by atoms with Crippen LogP contribution in [0.1, 0.15) is 23.6 Å². The normalized spacial score (nSPS) is 29.9. The summed E-state index contributed by atoms with van der Waals surface area (Å²) in [5, 5.41) is 20.3. The summed E-state index contributed by atoms with van der Waals surface area (Å²) in [6, 6.07) is 19.0. The van der Waals surface area contributed by atoms with Crippen molar-refractivity contribution in [3.8, 4) is 0 Å². The lowest BCUT2D eigenvalue weighted by molar-refractivity contribution is -0.152. The third-order valence-corrected chi connectivity index (χ3v) is 5.33. The number of carbonyl (C=O) groups excluding carboxylic acids is 1. The van der Waals surface area contributed by atoms with Gasteiger partial charge in [0.15, 0.2) is 11.3 Å². The van der Waals surface area contributed by atoms with Gasteiger partial charge in [-0.3, -0.25) is 9.69 Å². The van der Waals surface area contributed by atoms with Gasteiger partial charge >= 0.3 is 0 Å². The fourth-order valence-electron chi connectivity index (χ4n) is 3.99. The van der Waals surface area contributed by atoms with Gasteiger partial charge in [-0.15, -0.1) is 0 Å². The van der Waals surface area contributed by atoms with Crippen molar-refractivity contribution < 1.29 is 24.5 Å². The van der Waals surface area contributed by atoms with Gasteiger partial charge in [0.1, 0.15) is 0 Å². The minimum Gasteiger partial charge on any atom is -0.393 e. The number of carbonyl (C=O) groups is 1. The second kappa shape index (κ2) is 7.05. The molecule has 2 heterocycles. The summed E-state index contributed by atoms with van der Waals surface area (Å²) in [6.45, 7) is 0.181. The van der Waals surface area contributed by atoms with Gasteiger partial charge in [0.2, 0.25) is 0 Å². The van der Waals surface area contributed by atoms with Crippen molar-refractivity contribution in [1.29, 1.82) is 0 Å². The summed E-state index contributed by atoms with van der Waals surface area (Å²) < 4.78 is 11.9. The van der Waals surface area contributed by atoms with Gasteiger partial charge in [-0.05, 0) is 11.1 Å². The van der Waals surface area contributed by atoms with Crippen LogP contribution >= 0.6 is 0 Å². The first-order valence-corrected chi connectivity index (χ1v) is 9.06. The number of hydrogen-bond donors (Lipinski definition) is 2. The Morgan fingerprint density at radius 2 is 1.78 bits per heavy atom. The molecule has 6 heteroatoms. The number of rotatable bonds is 6. The number of nitrogens with zero attached hydrogens (tertiary/aromatic N) is 1. The van der Waals surface area contributed by atoms with Gasteiger partial charge in [-0.1, -0.05) is 60.7 Å². The fourth-order valence-corrected chi connectivity index (χ4v) is 3.99. The summed E-state index contributed by atoms with van der Waals surface area (Å²) >= 11 is 0. The Hall–Kier alpha value is -2.25. The van der Waals surface area contributed by atoms with Crippen LogP contribution in [0.3, 0.4) is 0 Å². The molecule has 2 aromatic carbocycles. The minimum absolute atomic E-state index is 0.0204. The molecule has 2 fully saturated rings. The molecular formula is C21H23NO5. The molecule has 0 aliphatic carbocycles. The van der Waals surface area contributed by atoms with E-state index in [1.54, 1.807) is 4.90 Å². The lowest BCUT2D eigenvalue weighted by Crippen LogP contribution is -2.47. The molecular weight excluding hydrogens is 346 g/mol. The van der Waals surface area contributed by atoms with Crippen LogP contribution in [0.5, 0.6) is 0 Å². The zero-order chi connectivity index (χ0) is 18.9. The summed E-state index contributed by atoms with van der Waals surface area (Å²) in [6.07, 6.45) is -0.0204. The molecule has 0 spiro atoms. The standard InChI is InChI=1S/C21H23NO5/c23-14-20(25)13-21(15-26-11-16-7-3-1-4-8-16)22(19(20)24)18(12-27-21)17-9-5-2-6-10-17/h1-10,18,23,25H,11-15H2/t18-,20+,21+/m0/s1. The number of hydrogen-bond acceptors (Lipinski definition) is 5. The van der Waals surface area contributed by atoms with Gasteiger partial charge in [0.25, 0.3) is 5.91 Å². The van der Waals surface area contributed by atoms with Crippen LogP contribution in [0.15, 0.2) is 60.7 Å². The molecule has 2 N–H and O–H groups in total. The average Bonchev–Trinajstić information content (AvgIpc) is 3.16. The average molecular weight is 369 g/mol. The highest BCUT2D eigenvalue weighted by Gasteiger charge is 2.65. The van der Waals surface area contributed by atoms with Crippen LogP contribution in [-0.2, 0) is 20.9 Å². The number of aliphatic hydroxyl groups is 2. The molecule has 0 saturated carbocycles. The van der Waals surface area contributed by atoms with Crippen LogP contribution in [-0.4, -0.2) is 52.2 Å². The van der Waals surface area contributed by atoms with E-state index in [4.69, 9.17) is 9.47 Å². The maximum absolute atomic E-state index is 12.9. The summed E-state index contributed by atoms with van der Waals surface area (Å²) in [5.74, 6) is -0.514. The van der Waals surface area contributed by atoms with E-state index in [2.05, 4.69) is 0 Å². The van der Waals surface area contributed by atoms with E-state index in [0.717, 1.165) is 11.1 Å². The van der Waals surface area contributed by atoms with Crippen molar-refractivity contribution in [2.75, 3.05) is 19.8 Å². The highest BCUT2D eigenvalue weighted by Crippen LogP contribution is 2.48. The Labute approximate surface area is 157 Å². The molecule has 3 atom stereocenters. The molecule has 2 saturated heterocycles. The number of fused-ring (bicyclic) bond motifs is 1. The fraction of sp³-hybridized carbons (Fsp3) is 0.381. The smallest absolute Gasteiger partial charge is 0.260 e. The van der Waals surface area contributed by atoms with Crippen molar-refractivity contribution in [3.05, 3.63) is 71.8 Å². The molecule has 1 amide bonds. The van der Waals surface area contributed by atoms with Crippen LogP contribution < -0.4 is 0 Å². The van der Waals surface area contributed by atoms with Crippen LogP contribution in [0.4, 0.5) is 0 Å². The van der Waals surface area contributed by atoms with Gasteiger partial charge < -0.3 is 19.7 Å². The van der Waals surface area contributed by atoms with Gasteiger partial charge in [0.05, 0.1) is 32.5 Å². The molecule has 0 aromatic heterocycles. The first-order chi connectivity index (χ1) is 13.1. The molecule has 0 radical (unpaired) electrons. The van der Waals surface area contributed by atoms with E-state index < -0.39 is 23.8 Å². The SMILES string of the molecule is O=C1N2[C@H](c3ccccc3)CO[C@@]2(COCc2ccccc2)C[C@@]1(O)CO. The Morgan fingerprint density at radius 3 is 2.44 bits per heavy atom. The highest BCUT2D eigenvalue weighted by molar-refractivity contribution is 5.89. The summed E-state index contributed by atoms with van der Waals surface area (Å²) in [7, 11) is 0. The molecule has 4 rings (SSSR count). The second-order valence-electron chi connectivity index (χ2n) is 7.20. The van der Waals surface area contributed by atoms with Crippen molar-refractivity contribution in [3.63, 3.8) is 0 Å². The van der Waals surface area contributed by atoms with E-state index >= 15 is 0 Å². The maximum Gasteiger partial charge on any atom is 0.260 e. The third kappa shape index (κ3) is 3.15. The van der Waals surface area contributed by atoms with Gasteiger partial charge in [0, 0.05) is 6.42 Å². The van der Waals surface area contributed by atoms with E-state index in [1.807, 2.05) is 60.7 Å². The van der Waals surface area contributed by atoms with Gasteiger partial charge in [-0.25, -0.2) is 0 Å². The Kier molecular flexibility index (Phi) is 4.74. The number of amides is 1. The van der Waals surface area contributed by atoms with Gasteiger partial charge in [-0.2, -0.15) is 0 Å². The molecule has 2 aromatic rings. The van der Waals surface area contributed by atoms with E-state index in [1.165, 1.54) is 0 Å². The van der Waals surface area contributed by atoms with Crippen molar-refractivity contribution in [2.45, 2.75) is 30.4 Å². The lowest BCUT2D eigenvalue weighted by Gasteiger charge is -2.32. The topological polar surface area (TPSA) is 79.2 Å². The number of benzene rings is 2.